The molecule has 0 spiro atoms. The normalized spacial score (nSPS) is 15.7. The van der Waals surface area contributed by atoms with E-state index in [9.17, 15) is 4.39 Å². The van der Waals surface area contributed by atoms with Crippen LogP contribution in [0.2, 0.25) is 0 Å². The molecule has 6 heteroatoms. The molecule has 0 aliphatic carbocycles. The molecule has 3 rings (SSSR count). The van der Waals surface area contributed by atoms with Gasteiger partial charge in [0.2, 0.25) is 0 Å². The zero-order valence-electron chi connectivity index (χ0n) is 13.9. The van der Waals surface area contributed by atoms with Gasteiger partial charge in [0.05, 0.1) is 12.3 Å². The van der Waals surface area contributed by atoms with E-state index >= 15 is 0 Å². The molecule has 0 saturated carbocycles. The Morgan fingerprint density at radius 1 is 1.21 bits per heavy atom. The van der Waals surface area contributed by atoms with Gasteiger partial charge in [-0.25, -0.2) is 14.4 Å². The van der Waals surface area contributed by atoms with Gasteiger partial charge in [-0.2, -0.15) is 0 Å². The van der Waals surface area contributed by atoms with Crippen LogP contribution in [0.5, 0.6) is 0 Å². The number of hydrogen-bond acceptors (Lipinski definition) is 5. The maximum absolute atomic E-state index is 13.2. The molecule has 1 aliphatic heterocycles. The van der Waals surface area contributed by atoms with E-state index in [-0.39, 0.29) is 5.82 Å². The number of halogens is 1. The maximum Gasteiger partial charge on any atom is 0.161 e. The first-order chi connectivity index (χ1) is 11.7. The number of aromatic nitrogens is 2. The van der Waals surface area contributed by atoms with Crippen LogP contribution in [0.25, 0.3) is 11.4 Å². The SMILES string of the molecule is COCc1cc(N2CCC(CN)CC2)nc(-c2ccc(F)cc2)n1. The van der Waals surface area contributed by atoms with Crippen LogP contribution >= 0.6 is 0 Å². The Hall–Kier alpha value is -2.05. The minimum absolute atomic E-state index is 0.268. The third-order valence-corrected chi connectivity index (χ3v) is 4.43. The summed E-state index contributed by atoms with van der Waals surface area (Å²) < 4.78 is 18.4. The molecule has 1 aromatic carbocycles. The molecule has 24 heavy (non-hydrogen) atoms. The van der Waals surface area contributed by atoms with Gasteiger partial charge in [-0.3, -0.25) is 0 Å². The van der Waals surface area contributed by atoms with E-state index in [1.54, 1.807) is 19.2 Å². The Morgan fingerprint density at radius 2 is 1.92 bits per heavy atom. The van der Waals surface area contributed by atoms with Crippen molar-refractivity contribution in [1.82, 2.24) is 9.97 Å². The molecule has 0 bridgehead atoms. The molecule has 1 aromatic heterocycles. The molecule has 0 amide bonds. The van der Waals surface area contributed by atoms with E-state index in [1.165, 1.54) is 12.1 Å². The molecule has 2 aromatic rings. The van der Waals surface area contributed by atoms with E-state index in [4.69, 9.17) is 15.5 Å². The van der Waals surface area contributed by atoms with Crippen molar-refractivity contribution < 1.29 is 9.13 Å². The summed E-state index contributed by atoms with van der Waals surface area (Å²) in [6, 6.07) is 8.22. The van der Waals surface area contributed by atoms with Crippen LogP contribution in [0.4, 0.5) is 10.2 Å². The van der Waals surface area contributed by atoms with Gasteiger partial charge in [-0.15, -0.1) is 0 Å². The number of methoxy groups -OCH3 is 1. The molecule has 2 heterocycles. The lowest BCUT2D eigenvalue weighted by Gasteiger charge is -2.32. The molecule has 0 unspecified atom stereocenters. The number of benzene rings is 1. The summed E-state index contributed by atoms with van der Waals surface area (Å²) in [6.45, 7) is 3.04. The van der Waals surface area contributed by atoms with Gasteiger partial charge >= 0.3 is 0 Å². The van der Waals surface area contributed by atoms with Crippen molar-refractivity contribution in [2.24, 2.45) is 11.7 Å². The van der Waals surface area contributed by atoms with Crippen molar-refractivity contribution >= 4 is 5.82 Å². The fourth-order valence-electron chi connectivity index (χ4n) is 2.99. The van der Waals surface area contributed by atoms with Crippen molar-refractivity contribution in [2.45, 2.75) is 19.4 Å². The average Bonchev–Trinajstić information content (AvgIpc) is 2.62. The highest BCUT2D eigenvalue weighted by atomic mass is 19.1. The highest BCUT2D eigenvalue weighted by Crippen LogP contribution is 2.25. The molecule has 2 N–H and O–H groups in total. The van der Waals surface area contributed by atoms with E-state index < -0.39 is 0 Å². The van der Waals surface area contributed by atoms with Crippen molar-refractivity contribution in [2.75, 3.05) is 31.6 Å². The Balaban J connectivity index is 1.90. The summed E-state index contributed by atoms with van der Waals surface area (Å²) in [5.41, 5.74) is 7.39. The van der Waals surface area contributed by atoms with Crippen molar-refractivity contribution in [3.8, 4) is 11.4 Å². The Labute approximate surface area is 141 Å². The van der Waals surface area contributed by atoms with Crippen molar-refractivity contribution in [3.63, 3.8) is 0 Å². The minimum Gasteiger partial charge on any atom is -0.378 e. The van der Waals surface area contributed by atoms with Crippen molar-refractivity contribution in [3.05, 3.63) is 41.8 Å². The summed E-state index contributed by atoms with van der Waals surface area (Å²) in [4.78, 5) is 11.5. The second-order valence-corrected chi connectivity index (χ2v) is 6.15. The van der Waals surface area contributed by atoms with Gasteiger partial charge in [-0.05, 0) is 49.6 Å². The number of ether oxygens (including phenoxy) is 1. The molecule has 1 aliphatic rings. The van der Waals surface area contributed by atoms with E-state index in [2.05, 4.69) is 9.88 Å². The first kappa shape index (κ1) is 16.8. The van der Waals surface area contributed by atoms with Gasteiger partial charge in [0.25, 0.3) is 0 Å². The van der Waals surface area contributed by atoms with Crippen LogP contribution in [0.3, 0.4) is 0 Å². The van der Waals surface area contributed by atoms with Crippen LogP contribution < -0.4 is 10.6 Å². The number of anilines is 1. The predicted molar refractivity (Wildman–Crippen MR) is 92.1 cm³/mol. The summed E-state index contributed by atoms with van der Waals surface area (Å²) in [7, 11) is 1.64. The molecule has 128 valence electrons. The number of rotatable bonds is 5. The number of piperidine rings is 1. The Bertz CT molecular complexity index is 669. The average molecular weight is 330 g/mol. The zero-order valence-corrected chi connectivity index (χ0v) is 13.9. The van der Waals surface area contributed by atoms with Gasteiger partial charge < -0.3 is 15.4 Å². The van der Waals surface area contributed by atoms with Crippen LogP contribution in [-0.2, 0) is 11.3 Å². The van der Waals surface area contributed by atoms with E-state index in [0.717, 1.165) is 49.6 Å². The highest BCUT2D eigenvalue weighted by Gasteiger charge is 2.20. The van der Waals surface area contributed by atoms with Crippen molar-refractivity contribution in [1.29, 1.82) is 0 Å². The lowest BCUT2D eigenvalue weighted by molar-refractivity contribution is 0.181. The monoisotopic (exact) mass is 330 g/mol. The topological polar surface area (TPSA) is 64.3 Å². The fraction of sp³-hybridized carbons (Fsp3) is 0.444. The van der Waals surface area contributed by atoms with E-state index in [1.807, 2.05) is 6.07 Å². The van der Waals surface area contributed by atoms with Crippen LogP contribution in [0.15, 0.2) is 30.3 Å². The summed E-state index contributed by atoms with van der Waals surface area (Å²) in [5.74, 6) is 1.82. The summed E-state index contributed by atoms with van der Waals surface area (Å²) >= 11 is 0. The van der Waals surface area contributed by atoms with Gasteiger partial charge in [0.1, 0.15) is 11.6 Å². The predicted octanol–water partition coefficient (Wildman–Crippen LogP) is 2.60. The Kier molecular flexibility index (Phi) is 5.37. The minimum atomic E-state index is -0.268. The van der Waals surface area contributed by atoms with Crippen LogP contribution in [0, 0.1) is 11.7 Å². The van der Waals surface area contributed by atoms with Crippen LogP contribution in [-0.4, -0.2) is 36.7 Å². The lowest BCUT2D eigenvalue weighted by Crippen LogP contribution is -2.36. The molecular weight excluding hydrogens is 307 g/mol. The number of nitrogens with two attached hydrogens (primary N) is 1. The van der Waals surface area contributed by atoms with E-state index in [0.29, 0.717) is 18.3 Å². The molecule has 1 saturated heterocycles. The molecule has 0 radical (unpaired) electrons. The smallest absolute Gasteiger partial charge is 0.161 e. The van der Waals surface area contributed by atoms with Gasteiger partial charge in [-0.1, -0.05) is 0 Å². The number of nitrogens with zero attached hydrogens (tertiary/aromatic N) is 3. The summed E-state index contributed by atoms with van der Waals surface area (Å²) in [6.07, 6.45) is 2.15. The second-order valence-electron chi connectivity index (χ2n) is 6.15. The lowest BCUT2D eigenvalue weighted by atomic mass is 9.97. The molecule has 1 fully saturated rings. The largest absolute Gasteiger partial charge is 0.378 e. The summed E-state index contributed by atoms with van der Waals surface area (Å²) in [5, 5.41) is 0. The first-order valence-electron chi connectivity index (χ1n) is 8.27. The highest BCUT2D eigenvalue weighted by molar-refractivity contribution is 5.58. The van der Waals surface area contributed by atoms with Gasteiger partial charge in [0, 0.05) is 31.8 Å². The Morgan fingerprint density at radius 3 is 2.54 bits per heavy atom. The number of hydrogen-bond donors (Lipinski definition) is 1. The third kappa shape index (κ3) is 3.88. The zero-order chi connectivity index (χ0) is 16.9. The fourth-order valence-corrected chi connectivity index (χ4v) is 2.99. The second kappa shape index (κ2) is 7.68. The maximum atomic E-state index is 13.2. The van der Waals surface area contributed by atoms with Crippen LogP contribution in [0.1, 0.15) is 18.5 Å². The first-order valence-corrected chi connectivity index (χ1v) is 8.27. The third-order valence-electron chi connectivity index (χ3n) is 4.43. The standard InChI is InChI=1S/C18H23FN4O/c1-24-12-16-10-17(23-8-6-13(11-20)7-9-23)22-18(21-16)14-2-4-15(19)5-3-14/h2-5,10,13H,6-9,11-12,20H2,1H3. The quantitative estimate of drug-likeness (QED) is 0.913. The molecule has 5 nitrogen and oxygen atoms in total. The molecular formula is C18H23FN4O. The van der Waals surface area contributed by atoms with Gasteiger partial charge in [0.15, 0.2) is 5.82 Å². The molecule has 0 atom stereocenters.